The molecule has 0 atom stereocenters. The Morgan fingerprint density at radius 2 is 2.10 bits per heavy atom. The number of nitrogens with zero attached hydrogens (tertiary/aromatic N) is 5. The number of carbonyl (C=O) groups excluding carboxylic acids is 2. The zero-order valence-electron chi connectivity index (χ0n) is 11.2. The SMILES string of the molecule is Cn1cc(Cl)cc1C(=O)N1CC(n2cc(C(N)=O)nn2)C1. The van der Waals surface area contributed by atoms with Gasteiger partial charge in [0.2, 0.25) is 0 Å². The van der Waals surface area contributed by atoms with Gasteiger partial charge in [0.05, 0.1) is 17.3 Å². The predicted octanol–water partition coefficient (Wildman–Crippen LogP) is 0.0660. The number of hydrogen-bond acceptors (Lipinski definition) is 4. The number of carbonyl (C=O) groups is 2. The van der Waals surface area contributed by atoms with Gasteiger partial charge in [0.25, 0.3) is 11.8 Å². The van der Waals surface area contributed by atoms with Crippen molar-refractivity contribution in [2.45, 2.75) is 6.04 Å². The van der Waals surface area contributed by atoms with Crippen LogP contribution >= 0.6 is 11.6 Å². The smallest absolute Gasteiger partial charge is 0.270 e. The topological polar surface area (TPSA) is 99.0 Å². The van der Waals surface area contributed by atoms with Gasteiger partial charge in [-0.25, -0.2) is 4.68 Å². The van der Waals surface area contributed by atoms with Crippen LogP contribution in [-0.4, -0.2) is 49.4 Å². The summed E-state index contributed by atoms with van der Waals surface area (Å²) in [5, 5.41) is 8.05. The molecule has 0 spiro atoms. The third-order valence-electron chi connectivity index (χ3n) is 3.48. The molecule has 0 saturated carbocycles. The van der Waals surface area contributed by atoms with E-state index in [4.69, 9.17) is 17.3 Å². The Morgan fingerprint density at radius 3 is 2.62 bits per heavy atom. The summed E-state index contributed by atoms with van der Waals surface area (Å²) in [4.78, 5) is 24.9. The van der Waals surface area contributed by atoms with Gasteiger partial charge in [0.1, 0.15) is 5.69 Å². The summed E-state index contributed by atoms with van der Waals surface area (Å²) in [5.74, 6) is -0.706. The molecule has 2 aromatic rings. The number of halogens is 1. The molecule has 0 radical (unpaired) electrons. The minimum atomic E-state index is -0.619. The molecule has 3 rings (SSSR count). The van der Waals surface area contributed by atoms with Crippen LogP contribution in [0, 0.1) is 0 Å². The Morgan fingerprint density at radius 1 is 1.38 bits per heavy atom. The van der Waals surface area contributed by atoms with Crippen LogP contribution in [0.25, 0.3) is 0 Å². The summed E-state index contributed by atoms with van der Waals surface area (Å²) < 4.78 is 3.25. The Bertz CT molecular complexity index is 715. The molecule has 2 N–H and O–H groups in total. The molecular weight excluding hydrogens is 296 g/mol. The average molecular weight is 309 g/mol. The molecule has 1 fully saturated rings. The summed E-state index contributed by atoms with van der Waals surface area (Å²) in [6, 6.07) is 1.64. The van der Waals surface area contributed by atoms with Crippen LogP contribution in [0.15, 0.2) is 18.5 Å². The van der Waals surface area contributed by atoms with Crippen molar-refractivity contribution >= 4 is 23.4 Å². The molecule has 8 nitrogen and oxygen atoms in total. The summed E-state index contributed by atoms with van der Waals surface area (Å²) in [6.45, 7) is 1.01. The van der Waals surface area contributed by atoms with Crippen LogP contribution in [0.3, 0.4) is 0 Å². The van der Waals surface area contributed by atoms with E-state index >= 15 is 0 Å². The Hall–Kier alpha value is -2.35. The van der Waals surface area contributed by atoms with E-state index in [0.717, 1.165) is 0 Å². The molecule has 9 heteroatoms. The van der Waals surface area contributed by atoms with E-state index in [0.29, 0.717) is 23.8 Å². The number of aryl methyl sites for hydroxylation is 1. The van der Waals surface area contributed by atoms with Gasteiger partial charge < -0.3 is 15.2 Å². The molecule has 2 amide bonds. The molecule has 3 heterocycles. The standard InChI is InChI=1S/C12H13ClN6O2/c1-17-3-7(13)2-10(17)12(21)18-4-8(5-18)19-6-9(11(14)20)15-16-19/h2-3,6,8H,4-5H2,1H3,(H2,14,20). The fraction of sp³-hybridized carbons (Fsp3) is 0.333. The lowest BCUT2D eigenvalue weighted by atomic mass is 10.1. The molecule has 110 valence electrons. The molecule has 21 heavy (non-hydrogen) atoms. The molecule has 1 aliphatic rings. The van der Waals surface area contributed by atoms with Crippen LogP contribution < -0.4 is 5.73 Å². The van der Waals surface area contributed by atoms with Gasteiger partial charge in [0.15, 0.2) is 5.69 Å². The second-order valence-corrected chi connectivity index (χ2v) is 5.40. The van der Waals surface area contributed by atoms with Crippen LogP contribution in [0.5, 0.6) is 0 Å². The predicted molar refractivity (Wildman–Crippen MR) is 73.9 cm³/mol. The van der Waals surface area contributed by atoms with Gasteiger partial charge in [-0.1, -0.05) is 16.8 Å². The van der Waals surface area contributed by atoms with Crippen molar-refractivity contribution in [3.63, 3.8) is 0 Å². The van der Waals surface area contributed by atoms with Crippen molar-refractivity contribution in [2.75, 3.05) is 13.1 Å². The van der Waals surface area contributed by atoms with Gasteiger partial charge in [0, 0.05) is 26.3 Å². The van der Waals surface area contributed by atoms with Crippen molar-refractivity contribution in [1.29, 1.82) is 0 Å². The fourth-order valence-electron chi connectivity index (χ4n) is 2.26. The van der Waals surface area contributed by atoms with Gasteiger partial charge in [-0.2, -0.15) is 0 Å². The van der Waals surface area contributed by atoms with Gasteiger partial charge in [-0.3, -0.25) is 9.59 Å². The van der Waals surface area contributed by atoms with E-state index in [1.807, 2.05) is 0 Å². The van der Waals surface area contributed by atoms with Gasteiger partial charge in [-0.05, 0) is 6.07 Å². The first kappa shape index (κ1) is 13.6. The summed E-state index contributed by atoms with van der Waals surface area (Å²) >= 11 is 5.87. The molecular formula is C12H13ClN6O2. The number of nitrogens with two attached hydrogens (primary N) is 1. The first-order chi connectivity index (χ1) is 9.95. The highest BCUT2D eigenvalue weighted by molar-refractivity contribution is 6.31. The zero-order chi connectivity index (χ0) is 15.1. The van der Waals surface area contributed by atoms with Crippen molar-refractivity contribution in [2.24, 2.45) is 12.8 Å². The van der Waals surface area contributed by atoms with E-state index in [9.17, 15) is 9.59 Å². The molecule has 2 aromatic heterocycles. The number of rotatable bonds is 3. The van der Waals surface area contributed by atoms with Crippen LogP contribution in [0.1, 0.15) is 27.0 Å². The molecule has 1 saturated heterocycles. The molecule has 0 unspecified atom stereocenters. The van der Waals surface area contributed by atoms with E-state index in [1.165, 1.54) is 6.20 Å². The van der Waals surface area contributed by atoms with Crippen molar-refractivity contribution in [1.82, 2.24) is 24.5 Å². The van der Waals surface area contributed by atoms with Crippen LogP contribution in [0.4, 0.5) is 0 Å². The molecule has 0 bridgehead atoms. The minimum absolute atomic E-state index is 0.00490. The number of hydrogen-bond donors (Lipinski definition) is 1. The molecule has 0 aliphatic carbocycles. The third-order valence-corrected chi connectivity index (χ3v) is 3.68. The third kappa shape index (κ3) is 2.38. The number of amides is 2. The van der Waals surface area contributed by atoms with Crippen molar-refractivity contribution < 1.29 is 9.59 Å². The summed E-state index contributed by atoms with van der Waals surface area (Å²) in [5.41, 5.74) is 5.78. The van der Waals surface area contributed by atoms with Crippen LogP contribution in [-0.2, 0) is 7.05 Å². The van der Waals surface area contributed by atoms with Crippen molar-refractivity contribution in [3.8, 4) is 0 Å². The second-order valence-electron chi connectivity index (χ2n) is 4.97. The molecule has 0 aromatic carbocycles. The summed E-state index contributed by atoms with van der Waals surface area (Å²) in [6.07, 6.45) is 3.18. The first-order valence-corrected chi connectivity index (χ1v) is 6.66. The highest BCUT2D eigenvalue weighted by atomic mass is 35.5. The Labute approximate surface area is 125 Å². The fourth-order valence-corrected chi connectivity index (χ4v) is 2.51. The van der Waals surface area contributed by atoms with E-state index in [-0.39, 0.29) is 17.6 Å². The highest BCUT2D eigenvalue weighted by Crippen LogP contribution is 2.24. The monoisotopic (exact) mass is 308 g/mol. The first-order valence-electron chi connectivity index (χ1n) is 6.28. The van der Waals surface area contributed by atoms with Gasteiger partial charge >= 0.3 is 0 Å². The maximum absolute atomic E-state index is 12.3. The van der Waals surface area contributed by atoms with E-state index in [2.05, 4.69) is 10.3 Å². The Kier molecular flexibility index (Phi) is 3.17. The normalized spacial score (nSPS) is 15.0. The molecule has 1 aliphatic heterocycles. The zero-order valence-corrected chi connectivity index (χ0v) is 12.0. The van der Waals surface area contributed by atoms with E-state index < -0.39 is 5.91 Å². The summed E-state index contributed by atoms with van der Waals surface area (Å²) in [7, 11) is 1.77. The van der Waals surface area contributed by atoms with Crippen molar-refractivity contribution in [3.05, 3.63) is 34.9 Å². The van der Waals surface area contributed by atoms with Gasteiger partial charge in [-0.15, -0.1) is 5.10 Å². The highest BCUT2D eigenvalue weighted by Gasteiger charge is 2.34. The number of aromatic nitrogens is 4. The maximum Gasteiger partial charge on any atom is 0.270 e. The minimum Gasteiger partial charge on any atom is -0.364 e. The maximum atomic E-state index is 12.3. The average Bonchev–Trinajstić information content (AvgIpc) is 2.94. The number of likely N-dealkylation sites (tertiary alicyclic amines) is 1. The lowest BCUT2D eigenvalue weighted by Crippen LogP contribution is -2.51. The lowest BCUT2D eigenvalue weighted by Gasteiger charge is -2.38. The van der Waals surface area contributed by atoms with E-state index in [1.54, 1.807) is 33.5 Å². The second kappa shape index (κ2) is 4.88. The lowest BCUT2D eigenvalue weighted by molar-refractivity contribution is 0.0488. The quantitative estimate of drug-likeness (QED) is 0.867. The Balaban J connectivity index is 1.66. The number of primary amides is 1. The largest absolute Gasteiger partial charge is 0.364 e. The van der Waals surface area contributed by atoms with Crippen LogP contribution in [0.2, 0.25) is 5.02 Å².